The average molecular weight is 367 g/mol. The maximum Gasteiger partial charge on any atom is 0.416 e. The molecule has 5 nitrogen and oxygen atoms in total. The minimum absolute atomic E-state index is 0.105. The van der Waals surface area contributed by atoms with Crippen LogP contribution in [0.2, 0.25) is 0 Å². The van der Waals surface area contributed by atoms with Crippen LogP contribution in [0.25, 0.3) is 5.69 Å². The molecule has 1 aromatic heterocycles. The highest BCUT2D eigenvalue weighted by atomic mass is 19.4. The molecule has 1 N–H and O–H groups in total. The Labute approximate surface area is 148 Å². The number of carbonyl (C=O) groups excluding carboxylic acids is 1. The number of hydrogen-bond donors (Lipinski definition) is 1. The number of hydrogen-bond acceptors (Lipinski definition) is 3. The number of nitrogens with zero attached hydrogens (tertiary/aromatic N) is 2. The molecule has 140 valence electrons. The lowest BCUT2D eigenvalue weighted by Gasteiger charge is -2.16. The highest BCUT2D eigenvalue weighted by Gasteiger charge is 2.30. The standard InChI is InChI=1S/C18H20F3N3O2/c1-4-13(5-2)22-17(26)16-15(25)9-11(3)24(23-16)14-8-6-7-12(10-14)18(19,20)21/h6-10,13H,4-5H2,1-3H3,(H,22,26). The van der Waals surface area contributed by atoms with Gasteiger partial charge in [-0.2, -0.15) is 18.3 Å². The van der Waals surface area contributed by atoms with Gasteiger partial charge in [-0.3, -0.25) is 9.59 Å². The van der Waals surface area contributed by atoms with Gasteiger partial charge in [0.15, 0.2) is 5.69 Å². The molecule has 2 rings (SSSR count). The van der Waals surface area contributed by atoms with E-state index in [9.17, 15) is 22.8 Å². The molecule has 0 aliphatic heterocycles. The molecule has 1 aromatic carbocycles. The zero-order valence-corrected chi connectivity index (χ0v) is 14.7. The summed E-state index contributed by atoms with van der Waals surface area (Å²) in [5.74, 6) is -0.635. The molecule has 0 fully saturated rings. The second kappa shape index (κ2) is 7.72. The molecule has 26 heavy (non-hydrogen) atoms. The summed E-state index contributed by atoms with van der Waals surface area (Å²) in [6.07, 6.45) is -3.12. The van der Waals surface area contributed by atoms with Crippen LogP contribution in [-0.2, 0) is 6.18 Å². The molecule has 8 heteroatoms. The monoisotopic (exact) mass is 367 g/mol. The fraction of sp³-hybridized carbons (Fsp3) is 0.389. The number of aryl methyl sites for hydroxylation is 1. The summed E-state index contributed by atoms with van der Waals surface area (Å²) in [6.45, 7) is 5.34. The Hall–Kier alpha value is -2.64. The van der Waals surface area contributed by atoms with Crippen molar-refractivity contribution in [3.63, 3.8) is 0 Å². The molecule has 0 saturated carbocycles. The van der Waals surface area contributed by atoms with Gasteiger partial charge in [0.2, 0.25) is 5.43 Å². The molecule has 0 aliphatic rings. The largest absolute Gasteiger partial charge is 0.416 e. The van der Waals surface area contributed by atoms with E-state index in [4.69, 9.17) is 0 Å². The summed E-state index contributed by atoms with van der Waals surface area (Å²) in [4.78, 5) is 24.5. The van der Waals surface area contributed by atoms with Crippen LogP contribution >= 0.6 is 0 Å². The van der Waals surface area contributed by atoms with Crippen molar-refractivity contribution in [1.82, 2.24) is 15.1 Å². The number of halogens is 3. The summed E-state index contributed by atoms with van der Waals surface area (Å²) in [5, 5.41) is 6.72. The molecule has 0 atom stereocenters. The third-order valence-corrected chi connectivity index (χ3v) is 4.06. The lowest BCUT2D eigenvalue weighted by atomic mass is 10.1. The van der Waals surface area contributed by atoms with E-state index in [1.807, 2.05) is 13.8 Å². The maximum atomic E-state index is 12.9. The van der Waals surface area contributed by atoms with Gasteiger partial charge >= 0.3 is 6.18 Å². The van der Waals surface area contributed by atoms with Gasteiger partial charge in [0.1, 0.15) is 0 Å². The van der Waals surface area contributed by atoms with E-state index < -0.39 is 23.1 Å². The van der Waals surface area contributed by atoms with Crippen LogP contribution in [0.1, 0.15) is 48.4 Å². The number of aromatic nitrogens is 2. The first-order chi connectivity index (χ1) is 12.2. The molecule has 2 aromatic rings. The minimum Gasteiger partial charge on any atom is -0.348 e. The average Bonchev–Trinajstić information content (AvgIpc) is 2.59. The Kier molecular flexibility index (Phi) is 5.84. The van der Waals surface area contributed by atoms with Crippen molar-refractivity contribution in [2.24, 2.45) is 0 Å². The zero-order valence-electron chi connectivity index (χ0n) is 14.7. The van der Waals surface area contributed by atoms with Crippen LogP contribution in [-0.4, -0.2) is 21.7 Å². The Morgan fingerprint density at radius 2 is 1.88 bits per heavy atom. The van der Waals surface area contributed by atoms with Gasteiger partial charge in [0, 0.05) is 17.8 Å². The minimum atomic E-state index is -4.50. The van der Waals surface area contributed by atoms with Crippen molar-refractivity contribution < 1.29 is 18.0 Å². The maximum absolute atomic E-state index is 12.9. The second-order valence-corrected chi connectivity index (χ2v) is 5.95. The molecule has 1 heterocycles. The predicted molar refractivity (Wildman–Crippen MR) is 91.4 cm³/mol. The third-order valence-electron chi connectivity index (χ3n) is 4.06. The number of carbonyl (C=O) groups is 1. The normalized spacial score (nSPS) is 11.7. The Morgan fingerprint density at radius 1 is 1.23 bits per heavy atom. The van der Waals surface area contributed by atoms with E-state index in [0.717, 1.165) is 12.1 Å². The molecule has 0 saturated heterocycles. The smallest absolute Gasteiger partial charge is 0.348 e. The molecular weight excluding hydrogens is 347 g/mol. The van der Waals surface area contributed by atoms with Crippen LogP contribution in [0.3, 0.4) is 0 Å². The first-order valence-electron chi connectivity index (χ1n) is 8.26. The van der Waals surface area contributed by atoms with Crippen molar-refractivity contribution >= 4 is 5.91 Å². The topological polar surface area (TPSA) is 64.0 Å². The van der Waals surface area contributed by atoms with E-state index in [-0.39, 0.29) is 17.4 Å². The van der Waals surface area contributed by atoms with Crippen LogP contribution < -0.4 is 10.7 Å². The quantitative estimate of drug-likeness (QED) is 0.880. The fourth-order valence-electron chi connectivity index (χ4n) is 2.53. The van der Waals surface area contributed by atoms with Crippen molar-refractivity contribution in [2.45, 2.75) is 45.8 Å². The van der Waals surface area contributed by atoms with Gasteiger partial charge in [-0.05, 0) is 38.0 Å². The van der Waals surface area contributed by atoms with Crippen LogP contribution in [0.4, 0.5) is 13.2 Å². The fourth-order valence-corrected chi connectivity index (χ4v) is 2.53. The third kappa shape index (κ3) is 4.30. The van der Waals surface area contributed by atoms with Crippen LogP contribution in [0, 0.1) is 6.92 Å². The number of alkyl halides is 3. The number of nitrogens with one attached hydrogen (secondary N) is 1. The zero-order chi connectivity index (χ0) is 19.5. The van der Waals surface area contributed by atoms with Crippen molar-refractivity contribution in [3.8, 4) is 5.69 Å². The van der Waals surface area contributed by atoms with E-state index in [0.29, 0.717) is 18.5 Å². The van der Waals surface area contributed by atoms with Crippen LogP contribution in [0.15, 0.2) is 35.1 Å². The van der Waals surface area contributed by atoms with Crippen LogP contribution in [0.5, 0.6) is 0 Å². The summed E-state index contributed by atoms with van der Waals surface area (Å²) < 4.78 is 40.0. The van der Waals surface area contributed by atoms with Gasteiger partial charge in [-0.15, -0.1) is 0 Å². The molecule has 1 amide bonds. The van der Waals surface area contributed by atoms with Gasteiger partial charge < -0.3 is 5.32 Å². The van der Waals surface area contributed by atoms with Gasteiger partial charge in [-0.1, -0.05) is 19.9 Å². The van der Waals surface area contributed by atoms with Crippen molar-refractivity contribution in [3.05, 3.63) is 57.5 Å². The van der Waals surface area contributed by atoms with E-state index in [1.54, 1.807) is 0 Å². The highest BCUT2D eigenvalue weighted by molar-refractivity contribution is 5.92. The van der Waals surface area contributed by atoms with E-state index in [1.165, 1.54) is 29.8 Å². The highest BCUT2D eigenvalue weighted by Crippen LogP contribution is 2.30. The summed E-state index contributed by atoms with van der Waals surface area (Å²) in [5.41, 5.74) is -1.31. The lowest BCUT2D eigenvalue weighted by Crippen LogP contribution is -2.38. The van der Waals surface area contributed by atoms with Crippen molar-refractivity contribution in [1.29, 1.82) is 0 Å². The number of rotatable bonds is 5. The Bertz CT molecular complexity index is 855. The lowest BCUT2D eigenvalue weighted by molar-refractivity contribution is -0.137. The van der Waals surface area contributed by atoms with E-state index >= 15 is 0 Å². The first-order valence-corrected chi connectivity index (χ1v) is 8.26. The molecule has 0 radical (unpaired) electrons. The molecular formula is C18H20F3N3O2. The van der Waals surface area contributed by atoms with Gasteiger partial charge in [0.05, 0.1) is 11.3 Å². The van der Waals surface area contributed by atoms with Gasteiger partial charge in [0.25, 0.3) is 5.91 Å². The summed E-state index contributed by atoms with van der Waals surface area (Å²) in [7, 11) is 0. The summed E-state index contributed by atoms with van der Waals surface area (Å²) in [6, 6.07) is 5.64. The Morgan fingerprint density at radius 3 is 2.46 bits per heavy atom. The summed E-state index contributed by atoms with van der Waals surface area (Å²) >= 11 is 0. The predicted octanol–water partition coefficient (Wildman–Crippen LogP) is 3.48. The Balaban J connectivity index is 2.49. The number of benzene rings is 1. The molecule has 0 bridgehead atoms. The molecule has 0 aliphatic carbocycles. The van der Waals surface area contributed by atoms with E-state index in [2.05, 4.69) is 10.4 Å². The first kappa shape index (κ1) is 19.7. The van der Waals surface area contributed by atoms with Gasteiger partial charge in [-0.25, -0.2) is 4.68 Å². The number of amides is 1. The SMILES string of the molecule is CCC(CC)NC(=O)c1nn(-c2cccc(C(F)(F)F)c2)c(C)cc1=O. The molecule has 0 unspecified atom stereocenters. The second-order valence-electron chi connectivity index (χ2n) is 5.95. The van der Waals surface area contributed by atoms with Crippen molar-refractivity contribution in [2.75, 3.05) is 0 Å². The molecule has 0 spiro atoms.